The number of rotatable bonds is 34. The van der Waals surface area contributed by atoms with Crippen LogP contribution in [0, 0.1) is 0 Å². The topological polar surface area (TPSA) is 105 Å². The van der Waals surface area contributed by atoms with Crippen molar-refractivity contribution in [1.82, 2.24) is 0 Å². The fourth-order valence-corrected chi connectivity index (χ4v) is 5.34. The van der Waals surface area contributed by atoms with Crippen molar-refractivity contribution in [2.75, 3.05) is 19.9 Å². The highest BCUT2D eigenvalue weighted by Gasteiger charge is 2.28. The SMILES string of the molecule is CCCCCC/C=C/COC(=O)CCCCCCCC(N)(CCCCCCCC(=O)OC/C=C/CCCCCC)OC(=O)CCCF. The van der Waals surface area contributed by atoms with Gasteiger partial charge in [0, 0.05) is 32.1 Å². The molecule has 47 heavy (non-hydrogen) atoms. The normalized spacial score (nSPS) is 11.8. The van der Waals surface area contributed by atoms with E-state index in [-0.39, 0.29) is 24.8 Å². The monoisotopic (exact) mass is 668 g/mol. The third-order valence-electron chi connectivity index (χ3n) is 8.26. The van der Waals surface area contributed by atoms with Crippen molar-refractivity contribution in [2.24, 2.45) is 5.73 Å². The third kappa shape index (κ3) is 32.1. The molecule has 7 nitrogen and oxygen atoms in total. The Hall–Kier alpha value is -2.22. The van der Waals surface area contributed by atoms with Crippen LogP contribution < -0.4 is 5.73 Å². The van der Waals surface area contributed by atoms with Crippen LogP contribution in [-0.4, -0.2) is 43.5 Å². The Kier molecular flexibility index (Phi) is 32.1. The van der Waals surface area contributed by atoms with Gasteiger partial charge in [0.1, 0.15) is 13.2 Å². The Morgan fingerprint density at radius 3 is 1.38 bits per heavy atom. The second-order valence-electron chi connectivity index (χ2n) is 12.9. The first-order chi connectivity index (χ1) is 22.9. The molecular formula is C39H70FNO6. The van der Waals surface area contributed by atoms with Crippen LogP contribution in [0.15, 0.2) is 24.3 Å². The summed E-state index contributed by atoms with van der Waals surface area (Å²) in [5, 5.41) is 0. The highest BCUT2D eigenvalue weighted by molar-refractivity contribution is 5.70. The average Bonchev–Trinajstić information content (AvgIpc) is 3.05. The molecule has 8 heteroatoms. The zero-order valence-electron chi connectivity index (χ0n) is 30.2. The second-order valence-corrected chi connectivity index (χ2v) is 12.9. The van der Waals surface area contributed by atoms with Gasteiger partial charge in [0.15, 0.2) is 5.72 Å². The van der Waals surface area contributed by atoms with E-state index in [0.29, 0.717) is 38.9 Å². The van der Waals surface area contributed by atoms with E-state index in [9.17, 15) is 18.8 Å². The minimum absolute atomic E-state index is 0.0329. The molecule has 0 amide bonds. The molecule has 2 N–H and O–H groups in total. The van der Waals surface area contributed by atoms with E-state index in [4.69, 9.17) is 19.9 Å². The molecule has 0 bridgehead atoms. The standard InChI is InChI=1S/C39H70FNO6/c1-3-5-7-9-11-19-25-34-45-36(42)28-21-15-13-17-23-31-39(41,47-38(44)30-27-33-40)32-24-18-14-16-22-29-37(43)46-35-26-20-12-10-8-6-4-2/h19-20,25-26H,3-18,21-24,27-35,41H2,1-2H3/b25-19+,26-20+. The average molecular weight is 668 g/mol. The van der Waals surface area contributed by atoms with E-state index in [0.717, 1.165) is 77.0 Å². The number of carbonyl (C=O) groups is 3. The summed E-state index contributed by atoms with van der Waals surface area (Å²) >= 11 is 0. The van der Waals surface area contributed by atoms with E-state index in [1.807, 2.05) is 12.2 Å². The van der Waals surface area contributed by atoms with Crippen LogP contribution in [0.1, 0.15) is 181 Å². The van der Waals surface area contributed by atoms with Crippen molar-refractivity contribution >= 4 is 17.9 Å². The molecule has 0 saturated carbocycles. The van der Waals surface area contributed by atoms with Crippen LogP contribution in [-0.2, 0) is 28.6 Å². The lowest BCUT2D eigenvalue weighted by Gasteiger charge is -2.29. The summed E-state index contributed by atoms with van der Waals surface area (Å²) in [7, 11) is 0. The summed E-state index contributed by atoms with van der Waals surface area (Å²) < 4.78 is 28.8. The largest absolute Gasteiger partial charge is 0.461 e. The molecule has 274 valence electrons. The first kappa shape index (κ1) is 44.8. The first-order valence-corrected chi connectivity index (χ1v) is 19.0. The number of carbonyl (C=O) groups excluding carboxylic acids is 3. The van der Waals surface area contributed by atoms with Gasteiger partial charge in [0.2, 0.25) is 0 Å². The van der Waals surface area contributed by atoms with Crippen molar-refractivity contribution < 1.29 is 33.0 Å². The molecule has 0 aliphatic heterocycles. The second kappa shape index (κ2) is 33.7. The number of hydrogen-bond acceptors (Lipinski definition) is 7. The van der Waals surface area contributed by atoms with Gasteiger partial charge in [-0.05, 0) is 57.8 Å². The molecule has 0 aliphatic rings. The summed E-state index contributed by atoms with van der Waals surface area (Å²) in [6, 6.07) is 0. The summed E-state index contributed by atoms with van der Waals surface area (Å²) in [6.07, 6.45) is 31.0. The van der Waals surface area contributed by atoms with E-state index in [2.05, 4.69) is 26.0 Å². The molecule has 0 rings (SSSR count). The van der Waals surface area contributed by atoms with Crippen LogP contribution in [0.4, 0.5) is 4.39 Å². The molecule has 0 aromatic rings. The first-order valence-electron chi connectivity index (χ1n) is 19.0. The predicted octanol–water partition coefficient (Wildman–Crippen LogP) is 10.5. The zero-order chi connectivity index (χ0) is 34.7. The predicted molar refractivity (Wildman–Crippen MR) is 191 cm³/mol. The van der Waals surface area contributed by atoms with Gasteiger partial charge in [0.05, 0.1) is 6.67 Å². The number of ether oxygens (including phenoxy) is 3. The molecule has 0 aromatic heterocycles. The lowest BCUT2D eigenvalue weighted by atomic mass is 9.97. The van der Waals surface area contributed by atoms with Crippen LogP contribution >= 0.6 is 0 Å². The highest BCUT2D eigenvalue weighted by atomic mass is 19.1. The molecule has 0 aromatic carbocycles. The zero-order valence-corrected chi connectivity index (χ0v) is 30.2. The van der Waals surface area contributed by atoms with Crippen LogP contribution in [0.3, 0.4) is 0 Å². The number of alkyl halides is 1. The van der Waals surface area contributed by atoms with Crippen molar-refractivity contribution in [3.05, 3.63) is 24.3 Å². The van der Waals surface area contributed by atoms with Gasteiger partial charge in [-0.15, -0.1) is 0 Å². The highest BCUT2D eigenvalue weighted by Crippen LogP contribution is 2.24. The van der Waals surface area contributed by atoms with Crippen LogP contribution in [0.25, 0.3) is 0 Å². The number of esters is 3. The quantitative estimate of drug-likeness (QED) is 0.0239. The van der Waals surface area contributed by atoms with Crippen molar-refractivity contribution in [1.29, 1.82) is 0 Å². The molecule has 0 aliphatic carbocycles. The molecular weight excluding hydrogens is 597 g/mol. The third-order valence-corrected chi connectivity index (χ3v) is 8.26. The molecule has 0 heterocycles. The number of unbranched alkanes of at least 4 members (excludes halogenated alkanes) is 16. The van der Waals surface area contributed by atoms with Crippen LogP contribution in [0.2, 0.25) is 0 Å². The molecule has 0 radical (unpaired) electrons. The van der Waals surface area contributed by atoms with Crippen molar-refractivity contribution in [2.45, 2.75) is 187 Å². The van der Waals surface area contributed by atoms with Gasteiger partial charge in [-0.25, -0.2) is 0 Å². The smallest absolute Gasteiger partial charge is 0.307 e. The van der Waals surface area contributed by atoms with E-state index >= 15 is 0 Å². The van der Waals surface area contributed by atoms with Gasteiger partial charge >= 0.3 is 17.9 Å². The minimum Gasteiger partial charge on any atom is -0.461 e. The number of nitrogens with two attached hydrogens (primary N) is 1. The lowest BCUT2D eigenvalue weighted by molar-refractivity contribution is -0.161. The van der Waals surface area contributed by atoms with Gasteiger partial charge in [-0.2, -0.15) is 0 Å². The van der Waals surface area contributed by atoms with Gasteiger partial charge < -0.3 is 14.2 Å². The molecule has 0 atom stereocenters. The maximum Gasteiger partial charge on any atom is 0.307 e. The Bertz CT molecular complexity index is 763. The van der Waals surface area contributed by atoms with E-state index in [1.165, 1.54) is 51.4 Å². The number of hydrogen-bond donors (Lipinski definition) is 1. The fraction of sp³-hybridized carbons (Fsp3) is 0.821. The van der Waals surface area contributed by atoms with Crippen molar-refractivity contribution in [3.63, 3.8) is 0 Å². The maximum atomic E-state index is 12.6. The maximum absolute atomic E-state index is 12.6. The molecule has 0 spiro atoms. The molecule has 0 unspecified atom stereocenters. The number of halogens is 1. The summed E-state index contributed by atoms with van der Waals surface area (Å²) in [5.41, 5.74) is 5.51. The Labute approximate surface area is 287 Å². The van der Waals surface area contributed by atoms with E-state index < -0.39 is 18.4 Å². The lowest BCUT2D eigenvalue weighted by Crippen LogP contribution is -2.44. The summed E-state index contributed by atoms with van der Waals surface area (Å²) in [6.45, 7) is 4.54. The minimum atomic E-state index is -1.05. The summed E-state index contributed by atoms with van der Waals surface area (Å²) in [5.74, 6) is -0.754. The Morgan fingerprint density at radius 2 is 0.936 bits per heavy atom. The molecule has 0 fully saturated rings. The summed E-state index contributed by atoms with van der Waals surface area (Å²) in [4.78, 5) is 36.2. The van der Waals surface area contributed by atoms with E-state index in [1.54, 1.807) is 0 Å². The van der Waals surface area contributed by atoms with Gasteiger partial charge in [0.25, 0.3) is 0 Å². The van der Waals surface area contributed by atoms with Gasteiger partial charge in [-0.3, -0.25) is 24.5 Å². The van der Waals surface area contributed by atoms with Gasteiger partial charge in [-0.1, -0.05) is 115 Å². The van der Waals surface area contributed by atoms with Crippen molar-refractivity contribution in [3.8, 4) is 0 Å². The Balaban J connectivity index is 4.13. The number of allylic oxidation sites excluding steroid dienone is 2. The Morgan fingerprint density at radius 1 is 0.532 bits per heavy atom. The molecule has 0 saturated heterocycles. The fourth-order valence-electron chi connectivity index (χ4n) is 5.34. The van der Waals surface area contributed by atoms with Crippen LogP contribution in [0.5, 0.6) is 0 Å².